The fourth-order valence-corrected chi connectivity index (χ4v) is 3.82. The molecule has 1 N–H and O–H groups in total. The minimum atomic E-state index is -0.153. The summed E-state index contributed by atoms with van der Waals surface area (Å²) in [4.78, 5) is 13.1. The number of benzene rings is 2. The van der Waals surface area contributed by atoms with Gasteiger partial charge in [-0.1, -0.05) is 41.9 Å². The monoisotopic (exact) mass is 345 g/mol. The number of methoxy groups -OCH3 is 1. The van der Waals surface area contributed by atoms with Crippen LogP contribution >= 0.6 is 22.9 Å². The number of carbonyl (C=O) groups is 1. The van der Waals surface area contributed by atoms with E-state index in [-0.39, 0.29) is 11.9 Å². The minimum absolute atomic E-state index is 0.116. The second-order valence-corrected chi connectivity index (χ2v) is 6.64. The highest BCUT2D eigenvalue weighted by Gasteiger charge is 2.19. The number of carbonyl (C=O) groups excluding carboxylic acids is 1. The first-order chi connectivity index (χ1) is 11.1. The molecule has 1 amide bonds. The molecule has 3 aromatic rings. The molecule has 0 aliphatic heterocycles. The average molecular weight is 346 g/mol. The molecule has 5 heteroatoms. The standard InChI is InChI=1S/C18H16ClNO2S/c1-11(12-7-9-13(22-2)10-8-12)20-18(21)17-16(19)14-5-3-4-6-15(14)23-17/h3-11H,1-2H3,(H,20,21)/t11-/m0/s1. The van der Waals surface area contributed by atoms with Gasteiger partial charge in [-0.05, 0) is 30.7 Å². The van der Waals surface area contributed by atoms with Crippen LogP contribution in [0.25, 0.3) is 10.1 Å². The number of hydrogen-bond donors (Lipinski definition) is 1. The van der Waals surface area contributed by atoms with Gasteiger partial charge in [0.2, 0.25) is 0 Å². The number of rotatable bonds is 4. The Bertz CT molecular complexity index is 842. The van der Waals surface area contributed by atoms with Gasteiger partial charge >= 0.3 is 0 Å². The van der Waals surface area contributed by atoms with Crippen LogP contribution < -0.4 is 10.1 Å². The minimum Gasteiger partial charge on any atom is -0.497 e. The lowest BCUT2D eigenvalue weighted by molar-refractivity contribution is 0.0944. The summed E-state index contributed by atoms with van der Waals surface area (Å²) in [6.07, 6.45) is 0. The summed E-state index contributed by atoms with van der Waals surface area (Å²) in [6, 6.07) is 15.3. The Morgan fingerprint density at radius 3 is 2.52 bits per heavy atom. The molecule has 118 valence electrons. The van der Waals surface area contributed by atoms with Crippen LogP contribution in [0.2, 0.25) is 5.02 Å². The van der Waals surface area contributed by atoms with E-state index in [1.54, 1.807) is 7.11 Å². The molecule has 0 bridgehead atoms. The molecule has 0 saturated heterocycles. The van der Waals surface area contributed by atoms with Crippen LogP contribution in [0, 0.1) is 0 Å². The third-order valence-corrected chi connectivity index (χ3v) is 5.38. The molecular weight excluding hydrogens is 330 g/mol. The van der Waals surface area contributed by atoms with E-state index < -0.39 is 0 Å². The molecular formula is C18H16ClNO2S. The van der Waals surface area contributed by atoms with Crippen molar-refractivity contribution in [1.29, 1.82) is 0 Å². The van der Waals surface area contributed by atoms with Crippen LogP contribution in [0.4, 0.5) is 0 Å². The van der Waals surface area contributed by atoms with Crippen LogP contribution in [0.15, 0.2) is 48.5 Å². The molecule has 3 nitrogen and oxygen atoms in total. The molecule has 2 aromatic carbocycles. The highest BCUT2D eigenvalue weighted by molar-refractivity contribution is 7.21. The number of halogens is 1. The molecule has 0 aliphatic rings. The number of thiophene rings is 1. The number of fused-ring (bicyclic) bond motifs is 1. The average Bonchev–Trinajstić information content (AvgIpc) is 2.92. The van der Waals surface area contributed by atoms with Crippen molar-refractivity contribution < 1.29 is 9.53 Å². The molecule has 1 atom stereocenters. The first-order valence-corrected chi connectivity index (χ1v) is 8.41. The van der Waals surface area contributed by atoms with Crippen molar-refractivity contribution in [3.05, 3.63) is 64.0 Å². The molecule has 3 rings (SSSR count). The Labute approximate surface area is 143 Å². The molecule has 1 aromatic heterocycles. The highest BCUT2D eigenvalue weighted by Crippen LogP contribution is 2.35. The van der Waals surface area contributed by atoms with Gasteiger partial charge < -0.3 is 10.1 Å². The van der Waals surface area contributed by atoms with E-state index in [2.05, 4.69) is 5.32 Å². The zero-order valence-corrected chi connectivity index (χ0v) is 14.4. The zero-order valence-electron chi connectivity index (χ0n) is 12.8. The number of nitrogens with one attached hydrogen (secondary N) is 1. The fourth-order valence-electron chi connectivity index (χ4n) is 2.40. The summed E-state index contributed by atoms with van der Waals surface area (Å²) >= 11 is 7.77. The number of hydrogen-bond acceptors (Lipinski definition) is 3. The molecule has 0 spiro atoms. The second-order valence-electron chi connectivity index (χ2n) is 5.21. The summed E-state index contributed by atoms with van der Waals surface area (Å²) in [5.74, 6) is 0.638. The molecule has 0 unspecified atom stereocenters. The van der Waals surface area contributed by atoms with Crippen molar-refractivity contribution >= 4 is 38.9 Å². The van der Waals surface area contributed by atoms with Crippen molar-refractivity contribution in [2.24, 2.45) is 0 Å². The zero-order chi connectivity index (χ0) is 16.4. The van der Waals surface area contributed by atoms with E-state index in [0.717, 1.165) is 21.4 Å². The first-order valence-electron chi connectivity index (χ1n) is 7.22. The quantitative estimate of drug-likeness (QED) is 0.718. The molecule has 23 heavy (non-hydrogen) atoms. The Hall–Kier alpha value is -2.04. The van der Waals surface area contributed by atoms with E-state index in [4.69, 9.17) is 16.3 Å². The molecule has 0 radical (unpaired) electrons. The van der Waals surface area contributed by atoms with Gasteiger partial charge in [0.25, 0.3) is 5.91 Å². The van der Waals surface area contributed by atoms with Crippen LogP contribution in [0.5, 0.6) is 5.75 Å². The topological polar surface area (TPSA) is 38.3 Å². The van der Waals surface area contributed by atoms with Crippen molar-refractivity contribution in [1.82, 2.24) is 5.32 Å². The van der Waals surface area contributed by atoms with Gasteiger partial charge in [-0.15, -0.1) is 11.3 Å². The van der Waals surface area contributed by atoms with Gasteiger partial charge in [-0.25, -0.2) is 0 Å². The van der Waals surface area contributed by atoms with E-state index in [1.165, 1.54) is 11.3 Å². The van der Waals surface area contributed by atoms with Crippen molar-refractivity contribution in [3.8, 4) is 5.75 Å². The fraction of sp³-hybridized carbons (Fsp3) is 0.167. The Kier molecular flexibility index (Phi) is 4.55. The van der Waals surface area contributed by atoms with Crippen LogP contribution in [-0.2, 0) is 0 Å². The van der Waals surface area contributed by atoms with Gasteiger partial charge in [0.05, 0.1) is 18.2 Å². The van der Waals surface area contributed by atoms with Crippen molar-refractivity contribution in [3.63, 3.8) is 0 Å². The second kappa shape index (κ2) is 6.60. The maximum atomic E-state index is 12.5. The maximum absolute atomic E-state index is 12.5. The summed E-state index contributed by atoms with van der Waals surface area (Å²) in [5.41, 5.74) is 1.01. The van der Waals surface area contributed by atoms with E-state index in [0.29, 0.717) is 9.90 Å². The predicted octanol–water partition coefficient (Wildman–Crippen LogP) is 5.05. The lowest BCUT2D eigenvalue weighted by Gasteiger charge is -2.14. The summed E-state index contributed by atoms with van der Waals surface area (Å²) in [7, 11) is 1.63. The third-order valence-electron chi connectivity index (χ3n) is 3.70. The molecule has 0 fully saturated rings. The Morgan fingerprint density at radius 1 is 1.17 bits per heavy atom. The smallest absolute Gasteiger partial charge is 0.263 e. The SMILES string of the molecule is COc1ccc([C@H](C)NC(=O)c2sc3ccccc3c2Cl)cc1. The summed E-state index contributed by atoms with van der Waals surface area (Å²) < 4.78 is 6.16. The van der Waals surface area contributed by atoms with Gasteiger partial charge in [0.15, 0.2) is 0 Å². The largest absolute Gasteiger partial charge is 0.497 e. The van der Waals surface area contributed by atoms with Gasteiger partial charge in [0.1, 0.15) is 10.6 Å². The van der Waals surface area contributed by atoms with E-state index in [1.807, 2.05) is 55.5 Å². The third kappa shape index (κ3) is 3.19. The van der Waals surface area contributed by atoms with Gasteiger partial charge in [-0.2, -0.15) is 0 Å². The van der Waals surface area contributed by atoms with Crippen LogP contribution in [0.3, 0.4) is 0 Å². The lowest BCUT2D eigenvalue weighted by atomic mass is 10.1. The summed E-state index contributed by atoms with van der Waals surface area (Å²) in [6.45, 7) is 1.95. The maximum Gasteiger partial charge on any atom is 0.263 e. The normalized spacial score (nSPS) is 12.1. The van der Waals surface area contributed by atoms with Crippen molar-refractivity contribution in [2.45, 2.75) is 13.0 Å². The van der Waals surface area contributed by atoms with Crippen LogP contribution in [0.1, 0.15) is 28.2 Å². The number of ether oxygens (including phenoxy) is 1. The van der Waals surface area contributed by atoms with Crippen molar-refractivity contribution in [2.75, 3.05) is 7.11 Å². The first kappa shape index (κ1) is 15.8. The Balaban J connectivity index is 1.80. The molecule has 0 saturated carbocycles. The van der Waals surface area contributed by atoms with Gasteiger partial charge in [-0.3, -0.25) is 4.79 Å². The van der Waals surface area contributed by atoms with Crippen LogP contribution in [-0.4, -0.2) is 13.0 Å². The Morgan fingerprint density at radius 2 is 1.87 bits per heavy atom. The molecule has 0 aliphatic carbocycles. The lowest BCUT2D eigenvalue weighted by Crippen LogP contribution is -2.26. The number of amides is 1. The summed E-state index contributed by atoms with van der Waals surface area (Å²) in [5, 5.41) is 4.43. The van der Waals surface area contributed by atoms with E-state index in [9.17, 15) is 4.79 Å². The van der Waals surface area contributed by atoms with Gasteiger partial charge in [0, 0.05) is 10.1 Å². The molecule has 1 heterocycles. The van der Waals surface area contributed by atoms with E-state index >= 15 is 0 Å². The predicted molar refractivity (Wildman–Crippen MR) is 95.7 cm³/mol. The highest BCUT2D eigenvalue weighted by atomic mass is 35.5.